The highest BCUT2D eigenvalue weighted by Crippen LogP contribution is 2.47. The minimum absolute atomic E-state index is 0.0805. The van der Waals surface area contributed by atoms with Crippen LogP contribution in [0.4, 0.5) is 0 Å². The summed E-state index contributed by atoms with van der Waals surface area (Å²) in [7, 11) is -5.12. The van der Waals surface area contributed by atoms with Gasteiger partial charge in [-0.2, -0.15) is 0 Å². The van der Waals surface area contributed by atoms with Crippen molar-refractivity contribution in [3.05, 3.63) is 12.2 Å². The summed E-state index contributed by atoms with van der Waals surface area (Å²) in [5, 5.41) is 50.2. The summed E-state index contributed by atoms with van der Waals surface area (Å²) in [6.45, 7) is 3.31. The van der Waals surface area contributed by atoms with Gasteiger partial charge < -0.3 is 39.9 Å². The smallest absolute Gasteiger partial charge is 0.462 e. The van der Waals surface area contributed by atoms with Crippen LogP contribution in [0.15, 0.2) is 12.2 Å². The molecule has 6 N–H and O–H groups in total. The van der Waals surface area contributed by atoms with Crippen LogP contribution in [0.25, 0.3) is 0 Å². The number of hydrogen-bond acceptors (Lipinski definition) is 12. The lowest BCUT2D eigenvalue weighted by Crippen LogP contribution is -2.64. The van der Waals surface area contributed by atoms with E-state index >= 15 is 0 Å². The zero-order chi connectivity index (χ0) is 45.7. The molecule has 0 aromatic heterocycles. The first-order valence-corrected chi connectivity index (χ1v) is 26.5. The summed E-state index contributed by atoms with van der Waals surface area (Å²) in [6.07, 6.45) is 28.4. The lowest BCUT2D eigenvalue weighted by molar-refractivity contribution is -0.220. The quantitative estimate of drug-likeness (QED) is 0.0146. The molecule has 0 radical (unpaired) electrons. The third-order valence-electron chi connectivity index (χ3n) is 11.9. The number of hydrogen-bond donors (Lipinski definition) is 6. The predicted octanol–water partition coefficient (Wildman–Crippen LogP) is 10.2. The van der Waals surface area contributed by atoms with E-state index in [1.807, 2.05) is 0 Å². The maximum absolute atomic E-state index is 12.8. The molecule has 1 fully saturated rings. The third-order valence-corrected chi connectivity index (χ3v) is 12.8. The number of ether oxygens (including phenoxy) is 2. The Labute approximate surface area is 375 Å². The number of aliphatic hydroxyl groups is 5. The van der Waals surface area contributed by atoms with Crippen molar-refractivity contribution in [3.8, 4) is 0 Å². The van der Waals surface area contributed by atoms with Gasteiger partial charge in [-0.25, -0.2) is 4.57 Å². The number of carbonyl (C=O) groups excluding carboxylic acids is 2. The van der Waals surface area contributed by atoms with E-state index < -0.39 is 75.7 Å². The van der Waals surface area contributed by atoms with Crippen LogP contribution in [0.2, 0.25) is 0 Å². The van der Waals surface area contributed by atoms with Crippen molar-refractivity contribution in [3.63, 3.8) is 0 Å². The molecule has 0 amide bonds. The molecule has 6 unspecified atom stereocenters. The van der Waals surface area contributed by atoms with Gasteiger partial charge in [0.1, 0.15) is 43.2 Å². The minimum Gasteiger partial charge on any atom is -0.462 e. The Balaban J connectivity index is 2.38. The maximum atomic E-state index is 12.8. The fourth-order valence-corrected chi connectivity index (χ4v) is 8.79. The van der Waals surface area contributed by atoms with Gasteiger partial charge >= 0.3 is 19.8 Å². The number of phosphoric acid groups is 1. The Bertz CT molecular complexity index is 1140. The molecule has 366 valence electrons. The van der Waals surface area contributed by atoms with Crippen LogP contribution in [0, 0.1) is 0 Å². The molecule has 0 aromatic rings. The SMILES string of the molecule is CCCCCCCC/C=C/CCCCCC(=O)O[C@@H](COC(=O)CCCCCCCCCCCCCCCCCCCCCC)COP(=O)(O)OC1C(O)C(O)C(O)[C@H](O)C1O. The lowest BCUT2D eigenvalue weighted by Gasteiger charge is -2.41. The molecular formula is C48H91O13P. The molecule has 1 aliphatic carbocycles. The van der Waals surface area contributed by atoms with Crippen molar-refractivity contribution < 1.29 is 63.1 Å². The average Bonchev–Trinajstić information content (AvgIpc) is 3.25. The number of carbonyl (C=O) groups is 2. The van der Waals surface area contributed by atoms with E-state index in [9.17, 15) is 44.6 Å². The van der Waals surface area contributed by atoms with Gasteiger partial charge in [0.2, 0.25) is 0 Å². The van der Waals surface area contributed by atoms with Gasteiger partial charge in [0.25, 0.3) is 0 Å². The van der Waals surface area contributed by atoms with Gasteiger partial charge in [0, 0.05) is 12.8 Å². The number of phosphoric ester groups is 1. The number of aliphatic hydroxyl groups excluding tert-OH is 5. The van der Waals surface area contributed by atoms with Gasteiger partial charge in [0.05, 0.1) is 6.61 Å². The number of rotatable bonds is 42. The lowest BCUT2D eigenvalue weighted by atomic mass is 9.85. The molecule has 1 aliphatic rings. The summed E-state index contributed by atoms with van der Waals surface area (Å²) in [5.41, 5.74) is 0. The highest BCUT2D eigenvalue weighted by Gasteiger charge is 2.51. The van der Waals surface area contributed by atoms with Gasteiger partial charge in [0.15, 0.2) is 6.10 Å². The van der Waals surface area contributed by atoms with Gasteiger partial charge in [-0.1, -0.05) is 187 Å². The molecule has 13 nitrogen and oxygen atoms in total. The Morgan fingerprint density at radius 1 is 0.484 bits per heavy atom. The van der Waals surface area contributed by atoms with E-state index in [0.717, 1.165) is 44.9 Å². The van der Waals surface area contributed by atoms with Crippen molar-refractivity contribution in [2.45, 2.75) is 268 Å². The van der Waals surface area contributed by atoms with Crippen molar-refractivity contribution >= 4 is 19.8 Å². The van der Waals surface area contributed by atoms with Crippen LogP contribution in [0.5, 0.6) is 0 Å². The van der Waals surface area contributed by atoms with Crippen LogP contribution < -0.4 is 0 Å². The summed E-state index contributed by atoms with van der Waals surface area (Å²) in [4.78, 5) is 35.7. The van der Waals surface area contributed by atoms with Crippen LogP contribution in [0.3, 0.4) is 0 Å². The predicted molar refractivity (Wildman–Crippen MR) is 244 cm³/mol. The summed E-state index contributed by atoms with van der Waals surface area (Å²) < 4.78 is 33.6. The van der Waals surface area contributed by atoms with Crippen molar-refractivity contribution in [2.75, 3.05) is 13.2 Å². The van der Waals surface area contributed by atoms with Crippen molar-refractivity contribution in [1.29, 1.82) is 0 Å². The molecule has 0 heterocycles. The fourth-order valence-electron chi connectivity index (χ4n) is 7.81. The summed E-state index contributed by atoms with van der Waals surface area (Å²) >= 11 is 0. The maximum Gasteiger partial charge on any atom is 0.472 e. The second kappa shape index (κ2) is 38.8. The summed E-state index contributed by atoms with van der Waals surface area (Å²) in [5.74, 6) is -1.11. The standard InChI is InChI=1S/C48H91O13P/c1-3-5-7-9-11-13-15-17-18-19-20-21-22-23-25-26-28-30-32-34-36-41(49)58-38-40(39-59-62(56,57)61-48-46(54)44(52)43(51)45(53)47(48)55)60-42(50)37-35-33-31-29-27-24-16-14-12-10-8-6-4-2/h24,27,40,43-48,51-55H,3-23,25-26,28-39H2,1-2H3,(H,56,57)/b27-24+/t40-,43?,44-,45?,46?,47?,48?/m0/s1. The van der Waals surface area contributed by atoms with E-state index in [0.29, 0.717) is 12.8 Å². The van der Waals surface area contributed by atoms with Crippen LogP contribution in [-0.4, -0.2) is 98.3 Å². The van der Waals surface area contributed by atoms with Crippen LogP contribution in [-0.2, 0) is 32.7 Å². The molecule has 0 bridgehead atoms. The second-order valence-electron chi connectivity index (χ2n) is 17.7. The van der Waals surface area contributed by atoms with E-state index in [4.69, 9.17) is 18.5 Å². The Kier molecular flexibility index (Phi) is 36.7. The number of unbranched alkanes of at least 4 members (excludes halogenated alkanes) is 28. The monoisotopic (exact) mass is 907 g/mol. The molecule has 1 rings (SSSR count). The van der Waals surface area contributed by atoms with E-state index in [2.05, 4.69) is 26.0 Å². The largest absolute Gasteiger partial charge is 0.472 e. The van der Waals surface area contributed by atoms with E-state index in [-0.39, 0.29) is 12.8 Å². The average molecular weight is 907 g/mol. The molecule has 62 heavy (non-hydrogen) atoms. The molecule has 0 aliphatic heterocycles. The van der Waals surface area contributed by atoms with E-state index in [1.54, 1.807) is 0 Å². The zero-order valence-corrected chi connectivity index (χ0v) is 39.8. The Morgan fingerprint density at radius 2 is 0.823 bits per heavy atom. The van der Waals surface area contributed by atoms with Crippen LogP contribution >= 0.6 is 7.82 Å². The Hall–Kier alpha value is -1.41. The number of allylic oxidation sites excluding steroid dienone is 2. The molecule has 14 heteroatoms. The summed E-state index contributed by atoms with van der Waals surface area (Å²) in [6, 6.07) is 0. The molecule has 0 aromatic carbocycles. The molecule has 1 saturated carbocycles. The number of esters is 2. The molecule has 0 saturated heterocycles. The van der Waals surface area contributed by atoms with Gasteiger partial charge in [-0.15, -0.1) is 0 Å². The second-order valence-corrected chi connectivity index (χ2v) is 19.1. The van der Waals surface area contributed by atoms with Crippen molar-refractivity contribution in [2.24, 2.45) is 0 Å². The van der Waals surface area contributed by atoms with Gasteiger partial charge in [-0.3, -0.25) is 18.6 Å². The van der Waals surface area contributed by atoms with E-state index in [1.165, 1.54) is 141 Å². The minimum atomic E-state index is -5.12. The first-order chi connectivity index (χ1) is 29.9. The first kappa shape index (κ1) is 58.6. The first-order valence-electron chi connectivity index (χ1n) is 25.0. The fraction of sp³-hybridized carbons (Fsp3) is 0.917. The molecular weight excluding hydrogens is 815 g/mol. The third kappa shape index (κ3) is 30.7. The molecule has 0 spiro atoms. The van der Waals surface area contributed by atoms with Crippen LogP contribution in [0.1, 0.15) is 226 Å². The highest BCUT2D eigenvalue weighted by molar-refractivity contribution is 7.47. The normalized spacial score (nSPS) is 21.9. The molecule has 8 atom stereocenters. The van der Waals surface area contributed by atoms with Gasteiger partial charge in [-0.05, 0) is 38.5 Å². The Morgan fingerprint density at radius 3 is 1.24 bits per heavy atom. The zero-order valence-electron chi connectivity index (χ0n) is 38.9. The highest BCUT2D eigenvalue weighted by atomic mass is 31.2. The van der Waals surface area contributed by atoms with Crippen molar-refractivity contribution in [1.82, 2.24) is 0 Å². The topological polar surface area (TPSA) is 210 Å².